The summed E-state index contributed by atoms with van der Waals surface area (Å²) in [6.07, 6.45) is 0.293. The van der Waals surface area contributed by atoms with Crippen LogP contribution in [-0.2, 0) is 9.59 Å². The number of carbonyl (C=O) groups excluding carboxylic acids is 2. The molecule has 1 atom stereocenters. The first kappa shape index (κ1) is 15.4. The van der Waals surface area contributed by atoms with Crippen LogP contribution >= 0.6 is 0 Å². The minimum Gasteiger partial charge on any atom is -0.486 e. The summed E-state index contributed by atoms with van der Waals surface area (Å²) < 4.78 is 11.1. The van der Waals surface area contributed by atoms with Crippen molar-refractivity contribution in [2.45, 2.75) is 12.5 Å². The summed E-state index contributed by atoms with van der Waals surface area (Å²) in [5.41, 5.74) is 0.580. The van der Waals surface area contributed by atoms with Gasteiger partial charge in [0.25, 0.3) is 5.91 Å². The van der Waals surface area contributed by atoms with Crippen LogP contribution in [0.15, 0.2) is 18.2 Å². The Balaban J connectivity index is 1.55. The average molecular weight is 333 g/mol. The molecule has 4 rings (SSSR count). The highest BCUT2D eigenvalue weighted by Gasteiger charge is 2.46. The number of anilines is 1. The van der Waals surface area contributed by atoms with Gasteiger partial charge in [-0.25, -0.2) is 4.90 Å². The largest absolute Gasteiger partial charge is 0.486 e. The lowest BCUT2D eigenvalue weighted by Crippen LogP contribution is -3.29. The molecule has 3 aliphatic heterocycles. The van der Waals surface area contributed by atoms with Crippen molar-refractivity contribution in [1.82, 2.24) is 0 Å². The van der Waals surface area contributed by atoms with Crippen LogP contribution in [0.5, 0.6) is 11.5 Å². The highest BCUT2D eigenvalue weighted by molar-refractivity contribution is 6.22. The molecule has 1 aromatic carbocycles. The van der Waals surface area contributed by atoms with Crippen molar-refractivity contribution in [3.05, 3.63) is 18.2 Å². The normalized spacial score (nSPS) is 29.9. The number of amides is 2. The van der Waals surface area contributed by atoms with Gasteiger partial charge in [-0.1, -0.05) is 0 Å². The molecule has 2 fully saturated rings. The minimum absolute atomic E-state index is 0.0915. The zero-order valence-corrected chi connectivity index (χ0v) is 13.8. The van der Waals surface area contributed by atoms with E-state index in [9.17, 15) is 9.59 Å². The van der Waals surface area contributed by atoms with Gasteiger partial charge in [-0.15, -0.1) is 0 Å². The first-order chi connectivity index (χ1) is 11.6. The summed E-state index contributed by atoms with van der Waals surface area (Å²) in [6, 6.07) is 5.01. The van der Waals surface area contributed by atoms with E-state index in [2.05, 4.69) is 7.05 Å². The molecule has 0 aromatic heterocycles. The molecular weight excluding hydrogens is 310 g/mol. The third kappa shape index (κ3) is 2.63. The van der Waals surface area contributed by atoms with Gasteiger partial charge in [0.1, 0.15) is 39.4 Å². The quantitative estimate of drug-likeness (QED) is 0.588. The number of quaternary nitrogens is 2. The number of nitrogens with one attached hydrogen (secondary N) is 2. The second-order valence-corrected chi connectivity index (χ2v) is 6.77. The molecule has 3 aliphatic rings. The van der Waals surface area contributed by atoms with Gasteiger partial charge in [0.2, 0.25) is 5.91 Å². The third-order valence-corrected chi connectivity index (χ3v) is 5.17. The van der Waals surface area contributed by atoms with E-state index in [0.29, 0.717) is 36.8 Å². The van der Waals surface area contributed by atoms with Gasteiger partial charge < -0.3 is 19.3 Å². The van der Waals surface area contributed by atoms with E-state index in [4.69, 9.17) is 9.47 Å². The van der Waals surface area contributed by atoms with Crippen molar-refractivity contribution in [1.29, 1.82) is 0 Å². The lowest BCUT2D eigenvalue weighted by molar-refractivity contribution is -1.01. The number of likely N-dealkylation sites (N-methyl/N-ethyl adjacent to an activating group) is 1. The number of hydrogen-bond acceptors (Lipinski definition) is 4. The fourth-order valence-corrected chi connectivity index (χ4v) is 3.74. The maximum atomic E-state index is 12.9. The van der Waals surface area contributed by atoms with Gasteiger partial charge in [-0.2, -0.15) is 0 Å². The number of hydrogen-bond donors (Lipinski definition) is 2. The van der Waals surface area contributed by atoms with Gasteiger partial charge in [0.15, 0.2) is 17.5 Å². The molecule has 2 amide bonds. The maximum absolute atomic E-state index is 12.9. The van der Waals surface area contributed by atoms with Gasteiger partial charge in [0.05, 0.1) is 19.2 Å². The number of piperazine rings is 1. The van der Waals surface area contributed by atoms with Crippen LogP contribution in [0, 0.1) is 0 Å². The molecule has 1 aromatic rings. The fourth-order valence-electron chi connectivity index (χ4n) is 3.74. The number of fused-ring (bicyclic) bond motifs is 1. The van der Waals surface area contributed by atoms with Crippen LogP contribution < -0.4 is 24.2 Å². The van der Waals surface area contributed by atoms with E-state index >= 15 is 0 Å². The Morgan fingerprint density at radius 2 is 1.75 bits per heavy atom. The van der Waals surface area contributed by atoms with Crippen LogP contribution in [0.3, 0.4) is 0 Å². The molecule has 0 radical (unpaired) electrons. The standard InChI is InChI=1S/C17H21N3O4/c1-18-4-6-19(7-5-18)13-11-16(21)20(17(13)22)12-2-3-14-15(10-12)24-9-8-23-14/h2-3,10,13H,4-9,11H2,1H3/p+2/t13-/m1/s1. The number of nitrogens with zero attached hydrogens (tertiary/aromatic N) is 1. The van der Waals surface area contributed by atoms with Crippen molar-refractivity contribution in [3.63, 3.8) is 0 Å². The molecule has 24 heavy (non-hydrogen) atoms. The monoisotopic (exact) mass is 333 g/mol. The maximum Gasteiger partial charge on any atom is 0.292 e. The Morgan fingerprint density at radius 3 is 2.50 bits per heavy atom. The van der Waals surface area contributed by atoms with E-state index in [0.717, 1.165) is 26.2 Å². The van der Waals surface area contributed by atoms with E-state index in [1.807, 2.05) is 0 Å². The molecule has 0 saturated carbocycles. The summed E-state index contributed by atoms with van der Waals surface area (Å²) >= 11 is 0. The molecule has 0 unspecified atom stereocenters. The zero-order chi connectivity index (χ0) is 16.7. The molecule has 0 aliphatic carbocycles. The Bertz CT molecular complexity index is 670. The lowest BCUT2D eigenvalue weighted by atomic mass is 10.2. The van der Waals surface area contributed by atoms with Gasteiger partial charge in [-0.05, 0) is 12.1 Å². The summed E-state index contributed by atoms with van der Waals surface area (Å²) in [4.78, 5) is 29.4. The van der Waals surface area contributed by atoms with Crippen molar-refractivity contribution >= 4 is 17.5 Å². The summed E-state index contributed by atoms with van der Waals surface area (Å²) in [5.74, 6) is 1.04. The van der Waals surface area contributed by atoms with Crippen molar-refractivity contribution < 1.29 is 28.9 Å². The molecule has 2 saturated heterocycles. The second kappa shape index (κ2) is 6.07. The van der Waals surface area contributed by atoms with Crippen LogP contribution in [0.25, 0.3) is 0 Å². The number of ether oxygens (including phenoxy) is 2. The summed E-state index contributed by atoms with van der Waals surface area (Å²) in [7, 11) is 2.17. The van der Waals surface area contributed by atoms with E-state index < -0.39 is 0 Å². The highest BCUT2D eigenvalue weighted by atomic mass is 16.6. The third-order valence-electron chi connectivity index (χ3n) is 5.17. The molecule has 7 nitrogen and oxygen atoms in total. The minimum atomic E-state index is -0.251. The topological polar surface area (TPSA) is 64.7 Å². The average Bonchev–Trinajstić information content (AvgIpc) is 2.90. The van der Waals surface area contributed by atoms with Crippen molar-refractivity contribution in [2.75, 3.05) is 51.3 Å². The fraction of sp³-hybridized carbons (Fsp3) is 0.529. The first-order valence-corrected chi connectivity index (χ1v) is 8.56. The number of benzene rings is 1. The van der Waals surface area contributed by atoms with E-state index in [1.165, 1.54) is 14.7 Å². The number of imide groups is 1. The number of carbonyl (C=O) groups is 2. The van der Waals surface area contributed by atoms with Crippen molar-refractivity contribution in [2.24, 2.45) is 0 Å². The predicted octanol–water partition coefficient (Wildman–Crippen LogP) is -2.50. The number of rotatable bonds is 2. The van der Waals surface area contributed by atoms with Crippen LogP contribution in [0.1, 0.15) is 6.42 Å². The lowest BCUT2D eigenvalue weighted by Gasteiger charge is -2.30. The SMILES string of the molecule is C[NH+]1CC[NH+]([C@@H]2CC(=O)N(c3ccc4c(c3)OCCO4)C2=O)CC1. The molecule has 7 heteroatoms. The molecule has 128 valence electrons. The molecular formula is C17H23N3O4+2. The highest BCUT2D eigenvalue weighted by Crippen LogP contribution is 2.35. The Kier molecular flexibility index (Phi) is 3.90. The Labute approximate surface area is 140 Å². The molecule has 0 spiro atoms. The summed E-state index contributed by atoms with van der Waals surface area (Å²) in [5, 5.41) is 0. The molecule has 0 bridgehead atoms. The smallest absolute Gasteiger partial charge is 0.292 e. The van der Waals surface area contributed by atoms with Crippen molar-refractivity contribution in [3.8, 4) is 11.5 Å². The van der Waals surface area contributed by atoms with E-state index in [1.54, 1.807) is 18.2 Å². The molecule has 2 N–H and O–H groups in total. The second-order valence-electron chi connectivity index (χ2n) is 6.77. The predicted molar refractivity (Wildman–Crippen MR) is 85.6 cm³/mol. The van der Waals surface area contributed by atoms with Crippen LogP contribution in [0.4, 0.5) is 5.69 Å². The Hall–Kier alpha value is -2.12. The van der Waals surface area contributed by atoms with Crippen LogP contribution in [-0.4, -0.2) is 64.3 Å². The molecule has 3 heterocycles. The van der Waals surface area contributed by atoms with E-state index in [-0.39, 0.29) is 17.9 Å². The van der Waals surface area contributed by atoms with Crippen LogP contribution in [0.2, 0.25) is 0 Å². The first-order valence-electron chi connectivity index (χ1n) is 8.56. The zero-order valence-electron chi connectivity index (χ0n) is 13.8. The van der Waals surface area contributed by atoms with Gasteiger partial charge in [0, 0.05) is 6.07 Å². The van der Waals surface area contributed by atoms with Gasteiger partial charge >= 0.3 is 0 Å². The van der Waals surface area contributed by atoms with Gasteiger partial charge in [-0.3, -0.25) is 9.59 Å². The Morgan fingerprint density at radius 1 is 1.04 bits per heavy atom. The summed E-state index contributed by atoms with van der Waals surface area (Å²) in [6.45, 7) is 4.95.